The van der Waals surface area contributed by atoms with Crippen LogP contribution in [-0.2, 0) is 4.79 Å². The van der Waals surface area contributed by atoms with Crippen LogP contribution in [0.1, 0.15) is 5.56 Å². The quantitative estimate of drug-likeness (QED) is 0.277. The maximum Gasteiger partial charge on any atom is 0.282 e. The van der Waals surface area contributed by atoms with E-state index in [1.165, 1.54) is 29.1 Å². The molecule has 0 atom stereocenters. The van der Waals surface area contributed by atoms with Gasteiger partial charge in [-0.05, 0) is 42.5 Å². The van der Waals surface area contributed by atoms with Gasteiger partial charge in [0, 0.05) is 42.7 Å². The molecule has 0 radical (unpaired) electrons. The van der Waals surface area contributed by atoms with Crippen LogP contribution in [-0.4, -0.2) is 42.5 Å². The topological polar surface area (TPSA) is 88.8 Å². The van der Waals surface area contributed by atoms with Crippen molar-refractivity contribution >= 4 is 34.4 Å². The molecule has 1 N–H and O–H groups in total. The van der Waals surface area contributed by atoms with Crippen molar-refractivity contribution in [3.05, 3.63) is 119 Å². The van der Waals surface area contributed by atoms with E-state index in [2.05, 4.69) is 10.4 Å². The van der Waals surface area contributed by atoms with Crippen LogP contribution < -0.4 is 20.5 Å². The Morgan fingerprint density at radius 3 is 2.55 bits per heavy atom. The summed E-state index contributed by atoms with van der Waals surface area (Å²) in [4.78, 5) is 32.6. The fourth-order valence-corrected chi connectivity index (χ4v) is 4.06. The number of halogens is 1. The van der Waals surface area contributed by atoms with Crippen LogP contribution in [0.3, 0.4) is 0 Å². The number of nitrogens with one attached hydrogen (secondary N) is 1. The highest BCUT2D eigenvalue weighted by atomic mass is 19.1. The van der Waals surface area contributed by atoms with Crippen LogP contribution in [0.25, 0.3) is 22.3 Å². The first-order valence-electron chi connectivity index (χ1n) is 12.5. The number of hydrogen-bond acceptors (Lipinski definition) is 6. The molecule has 0 bridgehead atoms. The van der Waals surface area contributed by atoms with Crippen LogP contribution in [0.15, 0.2) is 107 Å². The minimum Gasteiger partial charge on any atom is -0.483 e. The SMILES string of the molecule is CN(C)c1ccc(C=Nn2c(-c3ccccc3)nc3ccccc3c2=O)c(OCC(=O)Nc2cccc(F)c2)c1. The number of rotatable bonds is 8. The van der Waals surface area contributed by atoms with E-state index in [0.717, 1.165) is 11.3 Å². The minimum atomic E-state index is -0.454. The summed E-state index contributed by atoms with van der Waals surface area (Å²) >= 11 is 0. The lowest BCUT2D eigenvalue weighted by atomic mass is 10.2. The first-order chi connectivity index (χ1) is 19.4. The van der Waals surface area contributed by atoms with Crippen molar-refractivity contribution in [3.63, 3.8) is 0 Å². The lowest BCUT2D eigenvalue weighted by molar-refractivity contribution is -0.118. The Bertz CT molecular complexity index is 1770. The van der Waals surface area contributed by atoms with Gasteiger partial charge in [0.2, 0.25) is 0 Å². The van der Waals surface area contributed by atoms with Crippen LogP contribution in [0.4, 0.5) is 15.8 Å². The van der Waals surface area contributed by atoms with Gasteiger partial charge < -0.3 is 15.0 Å². The van der Waals surface area contributed by atoms with Crippen LogP contribution in [0.2, 0.25) is 0 Å². The maximum absolute atomic E-state index is 13.5. The standard InChI is InChI=1S/C31H26FN5O3/c1-36(2)25-16-15-22(28(18-25)40-20-29(38)34-24-12-8-11-23(32)17-24)19-33-37-30(21-9-4-3-5-10-21)35-27-14-7-6-13-26(27)31(37)39/h3-19H,20H2,1-2H3,(H,34,38). The molecule has 200 valence electrons. The maximum atomic E-state index is 13.5. The van der Waals surface area contributed by atoms with Crippen molar-refractivity contribution in [3.8, 4) is 17.1 Å². The zero-order chi connectivity index (χ0) is 28.1. The summed E-state index contributed by atoms with van der Waals surface area (Å²) in [5.41, 5.74) is 2.70. The van der Waals surface area contributed by atoms with Crippen molar-refractivity contribution in [1.29, 1.82) is 0 Å². The van der Waals surface area contributed by atoms with Gasteiger partial charge in [-0.2, -0.15) is 9.78 Å². The highest BCUT2D eigenvalue weighted by Gasteiger charge is 2.13. The number of anilines is 2. The third-order valence-corrected chi connectivity index (χ3v) is 6.08. The van der Waals surface area contributed by atoms with Gasteiger partial charge in [-0.3, -0.25) is 9.59 Å². The number of hydrogen-bond donors (Lipinski definition) is 1. The van der Waals surface area contributed by atoms with Gasteiger partial charge in [0.15, 0.2) is 12.4 Å². The lowest BCUT2D eigenvalue weighted by Crippen LogP contribution is -2.21. The van der Waals surface area contributed by atoms with Gasteiger partial charge in [0.1, 0.15) is 11.6 Å². The molecule has 8 nitrogen and oxygen atoms in total. The number of benzene rings is 4. The number of carbonyl (C=O) groups is 1. The predicted molar refractivity (Wildman–Crippen MR) is 156 cm³/mol. The minimum absolute atomic E-state index is 0.317. The van der Waals surface area contributed by atoms with Gasteiger partial charge in [0.05, 0.1) is 17.1 Å². The number of carbonyl (C=O) groups excluding carboxylic acids is 1. The Balaban J connectivity index is 1.49. The van der Waals surface area contributed by atoms with E-state index in [9.17, 15) is 14.0 Å². The van der Waals surface area contributed by atoms with Crippen molar-refractivity contribution in [1.82, 2.24) is 9.66 Å². The summed E-state index contributed by atoms with van der Waals surface area (Å²) in [5, 5.41) is 7.58. The molecule has 0 fully saturated rings. The molecule has 0 saturated heterocycles. The Labute approximate surface area is 230 Å². The average Bonchev–Trinajstić information content (AvgIpc) is 2.96. The summed E-state index contributed by atoms with van der Waals surface area (Å²) in [6.45, 7) is -0.318. The van der Waals surface area contributed by atoms with E-state index >= 15 is 0 Å². The average molecular weight is 536 g/mol. The smallest absolute Gasteiger partial charge is 0.282 e. The molecule has 5 aromatic rings. The van der Waals surface area contributed by atoms with E-state index in [1.54, 1.807) is 36.4 Å². The summed E-state index contributed by atoms with van der Waals surface area (Å²) in [7, 11) is 3.77. The summed E-state index contributed by atoms with van der Waals surface area (Å²) in [5.74, 6) is -0.135. The monoisotopic (exact) mass is 535 g/mol. The van der Waals surface area contributed by atoms with Gasteiger partial charge in [-0.1, -0.05) is 48.5 Å². The number of nitrogens with zero attached hydrogens (tertiary/aromatic N) is 4. The first-order valence-corrected chi connectivity index (χ1v) is 12.5. The van der Waals surface area contributed by atoms with Gasteiger partial charge in [0.25, 0.3) is 11.5 Å². The molecular weight excluding hydrogens is 509 g/mol. The molecule has 0 saturated carbocycles. The Hall–Kier alpha value is -5.31. The van der Waals surface area contributed by atoms with Crippen molar-refractivity contribution in [2.45, 2.75) is 0 Å². The Kier molecular flexibility index (Phi) is 7.63. The largest absolute Gasteiger partial charge is 0.483 e. The third-order valence-electron chi connectivity index (χ3n) is 6.08. The molecule has 5 rings (SSSR count). The van der Waals surface area contributed by atoms with Crippen LogP contribution in [0, 0.1) is 5.82 Å². The molecule has 9 heteroatoms. The summed E-state index contributed by atoms with van der Waals surface area (Å²) in [6.07, 6.45) is 1.50. The molecule has 1 amide bonds. The van der Waals surface area contributed by atoms with E-state index in [0.29, 0.717) is 33.7 Å². The summed E-state index contributed by atoms with van der Waals surface area (Å²) in [6, 6.07) is 27.5. The molecule has 4 aromatic carbocycles. The van der Waals surface area contributed by atoms with E-state index in [-0.39, 0.29) is 12.2 Å². The second-order valence-corrected chi connectivity index (χ2v) is 9.14. The molecule has 0 spiro atoms. The fraction of sp³-hybridized carbons (Fsp3) is 0.0968. The van der Waals surface area contributed by atoms with Crippen LogP contribution in [0.5, 0.6) is 5.75 Å². The van der Waals surface area contributed by atoms with Crippen molar-refractivity contribution < 1.29 is 13.9 Å². The van der Waals surface area contributed by atoms with Crippen LogP contribution >= 0.6 is 0 Å². The fourth-order valence-electron chi connectivity index (χ4n) is 4.06. The van der Waals surface area contributed by atoms with Gasteiger partial charge in [-0.25, -0.2) is 9.37 Å². The van der Waals surface area contributed by atoms with Crippen molar-refractivity contribution in [2.24, 2.45) is 5.10 Å². The lowest BCUT2D eigenvalue weighted by Gasteiger charge is -2.16. The number of ether oxygens (including phenoxy) is 1. The van der Waals surface area contributed by atoms with E-state index in [4.69, 9.17) is 9.72 Å². The number of fused-ring (bicyclic) bond motifs is 1. The number of para-hydroxylation sites is 1. The van der Waals surface area contributed by atoms with Gasteiger partial charge >= 0.3 is 0 Å². The van der Waals surface area contributed by atoms with E-state index < -0.39 is 11.7 Å². The third kappa shape index (κ3) is 5.88. The Morgan fingerprint density at radius 1 is 1.00 bits per heavy atom. The molecule has 0 aliphatic carbocycles. The molecule has 0 unspecified atom stereocenters. The molecule has 0 aliphatic rings. The molecule has 1 heterocycles. The van der Waals surface area contributed by atoms with E-state index in [1.807, 2.05) is 61.5 Å². The molecule has 1 aromatic heterocycles. The highest BCUT2D eigenvalue weighted by molar-refractivity contribution is 5.92. The normalized spacial score (nSPS) is 11.1. The second-order valence-electron chi connectivity index (χ2n) is 9.14. The molecule has 0 aliphatic heterocycles. The first kappa shape index (κ1) is 26.3. The second kappa shape index (κ2) is 11.6. The van der Waals surface area contributed by atoms with Crippen molar-refractivity contribution in [2.75, 3.05) is 30.9 Å². The highest BCUT2D eigenvalue weighted by Crippen LogP contribution is 2.25. The molecule has 40 heavy (non-hydrogen) atoms. The molecular formula is C31H26FN5O3. The number of amides is 1. The van der Waals surface area contributed by atoms with Gasteiger partial charge in [-0.15, -0.1) is 0 Å². The zero-order valence-electron chi connectivity index (χ0n) is 21.9. The number of aromatic nitrogens is 2. The predicted octanol–water partition coefficient (Wildman–Crippen LogP) is 5.17. The summed E-state index contributed by atoms with van der Waals surface area (Å²) < 4.78 is 20.6. The Morgan fingerprint density at radius 2 is 1.77 bits per heavy atom. The zero-order valence-corrected chi connectivity index (χ0v) is 21.9.